The van der Waals surface area contributed by atoms with Crippen LogP contribution in [-0.2, 0) is 7.05 Å². The molecule has 0 unspecified atom stereocenters. The van der Waals surface area contributed by atoms with Gasteiger partial charge in [-0.3, -0.25) is 0 Å². The topological polar surface area (TPSA) is 30.7 Å². The Morgan fingerprint density at radius 1 is 1.71 bits per heavy atom. The largest absolute Gasteiger partial charge is 1.00 e. The number of rotatable bonds is 0. The molecule has 0 radical (unpaired) electrons. The maximum absolute atomic E-state index is 3.53. The average Bonchev–Trinajstić information content (AvgIpc) is 1.86. The molecule has 0 fully saturated rings. The van der Waals surface area contributed by atoms with Crippen LogP contribution in [0.15, 0.2) is 6.20 Å². The zero-order valence-corrected chi connectivity index (χ0v) is 4.42. The zero-order valence-electron chi connectivity index (χ0n) is 4.42. The van der Waals surface area contributed by atoms with Gasteiger partial charge < -0.3 is 10.9 Å². The van der Waals surface area contributed by atoms with Gasteiger partial charge in [-0.05, 0) is 7.05 Å². The van der Waals surface area contributed by atoms with E-state index in [0.717, 1.165) is 0 Å². The summed E-state index contributed by atoms with van der Waals surface area (Å²) < 4.78 is 1.51. The molecule has 1 aromatic rings. The fourth-order valence-electron chi connectivity index (χ4n) is 0.238. The van der Waals surface area contributed by atoms with E-state index in [0.29, 0.717) is 0 Å². The van der Waals surface area contributed by atoms with Crippen LogP contribution in [0.25, 0.3) is 0 Å². The Hall–Kier alpha value is -0.263. The van der Waals surface area contributed by atoms with Crippen molar-refractivity contribution in [1.82, 2.24) is 15.0 Å². The second-order valence-electron chi connectivity index (χ2n) is 0.987. The van der Waals surface area contributed by atoms with Gasteiger partial charge in [0, 0.05) is 0 Å². The van der Waals surface area contributed by atoms with E-state index in [9.17, 15) is 0 Å². The summed E-state index contributed by atoms with van der Waals surface area (Å²) in [4.78, 5) is 0. The third-order valence-electron chi connectivity index (χ3n) is 0.488. The molecule has 0 aliphatic rings. The second-order valence-corrected chi connectivity index (χ2v) is 0.987. The summed E-state index contributed by atoms with van der Waals surface area (Å²) in [7, 11) is 1.77. The first-order valence-corrected chi connectivity index (χ1v) is 1.62. The van der Waals surface area contributed by atoms with Gasteiger partial charge in [-0.25, -0.2) is 0 Å². The fourth-order valence-corrected chi connectivity index (χ4v) is 0.238. The molecule has 0 aromatic carbocycles. The number of hydrogen-bond acceptors (Lipinski definition) is 2. The number of hydrogen-bond donors (Lipinski definition) is 0. The Morgan fingerprint density at radius 3 is 2.57 bits per heavy atom. The Kier molecular flexibility index (Phi) is 2.73. The molecule has 32 valence electrons. The quantitative estimate of drug-likeness (QED) is 0.245. The first-order valence-electron chi connectivity index (χ1n) is 1.62. The molecule has 1 heterocycles. The maximum atomic E-state index is 3.53. The van der Waals surface area contributed by atoms with Crippen molar-refractivity contribution < 1.29 is 18.9 Å². The van der Waals surface area contributed by atoms with Gasteiger partial charge in [0.2, 0.25) is 0 Å². The van der Waals surface area contributed by atoms with Crippen LogP contribution in [0.4, 0.5) is 0 Å². The minimum absolute atomic E-state index is 0. The van der Waals surface area contributed by atoms with Crippen LogP contribution in [0.2, 0.25) is 0 Å². The summed E-state index contributed by atoms with van der Waals surface area (Å²) in [5.74, 6) is 0. The summed E-state index contributed by atoms with van der Waals surface area (Å²) in [6, 6.07) is 0. The normalized spacial score (nSPS) is 7.57. The minimum Gasteiger partial charge on any atom is -0.429 e. The van der Waals surface area contributed by atoms with Crippen molar-refractivity contribution in [1.29, 1.82) is 0 Å². The molecule has 7 heavy (non-hydrogen) atoms. The van der Waals surface area contributed by atoms with E-state index in [1.54, 1.807) is 7.05 Å². The van der Waals surface area contributed by atoms with E-state index >= 15 is 0 Å². The Balaban J connectivity index is 0.000000360. The first-order chi connectivity index (χ1) is 2.89. The molecule has 4 heteroatoms. The smallest absolute Gasteiger partial charge is 0.429 e. The van der Waals surface area contributed by atoms with Crippen molar-refractivity contribution in [3.63, 3.8) is 0 Å². The SMILES string of the molecule is Cn1[c-]cnn1.[Li+]. The summed E-state index contributed by atoms with van der Waals surface area (Å²) >= 11 is 0. The van der Waals surface area contributed by atoms with E-state index < -0.39 is 0 Å². The molecular formula is C3H4LiN3. The molecule has 1 rings (SSSR count). The molecule has 0 amide bonds. The predicted octanol–water partition coefficient (Wildman–Crippen LogP) is -3.38. The van der Waals surface area contributed by atoms with Crippen molar-refractivity contribution in [3.8, 4) is 0 Å². The van der Waals surface area contributed by atoms with Crippen LogP contribution < -0.4 is 18.9 Å². The molecule has 0 spiro atoms. The van der Waals surface area contributed by atoms with Gasteiger partial charge in [-0.15, -0.1) is 11.4 Å². The Morgan fingerprint density at radius 2 is 2.43 bits per heavy atom. The van der Waals surface area contributed by atoms with Gasteiger partial charge in [0.1, 0.15) is 0 Å². The molecule has 1 aromatic heterocycles. The number of aryl methyl sites for hydroxylation is 1. The third kappa shape index (κ3) is 1.77. The third-order valence-corrected chi connectivity index (χ3v) is 0.488. The van der Waals surface area contributed by atoms with Crippen LogP contribution in [0, 0.1) is 6.20 Å². The van der Waals surface area contributed by atoms with Crippen LogP contribution >= 0.6 is 0 Å². The van der Waals surface area contributed by atoms with Crippen molar-refractivity contribution in [2.45, 2.75) is 0 Å². The zero-order chi connectivity index (χ0) is 4.41. The first kappa shape index (κ1) is 6.74. The van der Waals surface area contributed by atoms with Gasteiger partial charge >= 0.3 is 18.9 Å². The fraction of sp³-hybridized carbons (Fsp3) is 0.333. The second kappa shape index (κ2) is 2.84. The van der Waals surface area contributed by atoms with E-state index in [1.807, 2.05) is 0 Å². The van der Waals surface area contributed by atoms with Crippen LogP contribution in [0.5, 0.6) is 0 Å². The van der Waals surface area contributed by atoms with Crippen molar-refractivity contribution >= 4 is 0 Å². The molecule has 0 N–H and O–H groups in total. The van der Waals surface area contributed by atoms with Gasteiger partial charge in [0.25, 0.3) is 0 Å². The van der Waals surface area contributed by atoms with Crippen molar-refractivity contribution in [2.75, 3.05) is 0 Å². The van der Waals surface area contributed by atoms with Crippen LogP contribution in [0.1, 0.15) is 0 Å². The van der Waals surface area contributed by atoms with E-state index in [-0.39, 0.29) is 18.9 Å². The van der Waals surface area contributed by atoms with E-state index in [4.69, 9.17) is 0 Å². The van der Waals surface area contributed by atoms with Crippen LogP contribution in [-0.4, -0.2) is 15.0 Å². The molecule has 0 saturated carbocycles. The van der Waals surface area contributed by atoms with Crippen molar-refractivity contribution in [3.05, 3.63) is 12.4 Å². The molecule has 0 aliphatic heterocycles. The predicted molar refractivity (Wildman–Crippen MR) is 19.8 cm³/mol. The number of nitrogens with zero attached hydrogens (tertiary/aromatic N) is 3. The minimum atomic E-state index is 0. The number of aromatic nitrogens is 3. The monoisotopic (exact) mass is 89.1 g/mol. The molecular weight excluding hydrogens is 85.0 g/mol. The van der Waals surface area contributed by atoms with Gasteiger partial charge in [0.05, 0.1) is 0 Å². The molecule has 0 saturated heterocycles. The molecule has 3 nitrogen and oxygen atoms in total. The summed E-state index contributed by atoms with van der Waals surface area (Å²) in [5.41, 5.74) is 0. The Bertz CT molecular complexity index is 114. The Labute approximate surface area is 53.9 Å². The summed E-state index contributed by atoms with van der Waals surface area (Å²) in [5, 5.41) is 7.01. The maximum Gasteiger partial charge on any atom is 1.00 e. The van der Waals surface area contributed by atoms with E-state index in [2.05, 4.69) is 16.5 Å². The summed E-state index contributed by atoms with van der Waals surface area (Å²) in [6.07, 6.45) is 4.21. The summed E-state index contributed by atoms with van der Waals surface area (Å²) in [6.45, 7) is 0. The van der Waals surface area contributed by atoms with Crippen molar-refractivity contribution in [2.24, 2.45) is 7.05 Å². The van der Waals surface area contributed by atoms with Gasteiger partial charge in [0.15, 0.2) is 0 Å². The molecule has 0 atom stereocenters. The average molecular weight is 89.0 g/mol. The van der Waals surface area contributed by atoms with Crippen LogP contribution in [0.3, 0.4) is 0 Å². The molecule has 0 aliphatic carbocycles. The van der Waals surface area contributed by atoms with E-state index in [1.165, 1.54) is 10.9 Å². The standard InChI is InChI=1S/C3H4N3.Li/c1-6-3-2-4-5-6;/h2H,1H3;/q-1;+1. The van der Waals surface area contributed by atoms with Gasteiger partial charge in [-0.1, -0.05) is 0 Å². The molecule has 0 bridgehead atoms. The van der Waals surface area contributed by atoms with Gasteiger partial charge in [-0.2, -0.15) is 5.10 Å².